The summed E-state index contributed by atoms with van der Waals surface area (Å²) in [5.41, 5.74) is 7.05. The number of aliphatic hydroxyl groups is 1. The number of nitrogens with zero attached hydrogens (tertiary/aromatic N) is 2. The minimum atomic E-state index is -1.12. The molecule has 7 nitrogen and oxygen atoms in total. The zero-order valence-electron chi connectivity index (χ0n) is 28.7. The summed E-state index contributed by atoms with van der Waals surface area (Å²) in [5.74, 6) is -0.275. The monoisotopic (exact) mass is 685 g/mol. The van der Waals surface area contributed by atoms with Crippen LogP contribution in [0.2, 0.25) is 0 Å². The van der Waals surface area contributed by atoms with Crippen molar-refractivity contribution in [3.63, 3.8) is 0 Å². The van der Waals surface area contributed by atoms with Crippen LogP contribution in [-0.2, 0) is 33.0 Å². The Hall–Kier alpha value is -5.73. The average molecular weight is 686 g/mol. The molecule has 0 saturated carbocycles. The SMILES string of the molecule is O=C1NC(O)C2=C1c1cn(c3ccccc13)CC[C@@H](COC(c1ccccc1)(c1ccccc1)c1ccccc1)OCCn1cc2c2ccccc21. The molecule has 5 aromatic carbocycles. The minimum Gasteiger partial charge on any atom is -0.374 e. The second-order valence-corrected chi connectivity index (χ2v) is 13.5. The number of benzene rings is 5. The summed E-state index contributed by atoms with van der Waals surface area (Å²) in [7, 11) is 0. The van der Waals surface area contributed by atoms with Gasteiger partial charge in [-0.25, -0.2) is 0 Å². The first kappa shape index (κ1) is 32.2. The maximum atomic E-state index is 13.7. The minimum absolute atomic E-state index is 0.254. The van der Waals surface area contributed by atoms with Gasteiger partial charge in [0.25, 0.3) is 5.91 Å². The molecule has 1 unspecified atom stereocenters. The van der Waals surface area contributed by atoms with Crippen molar-refractivity contribution >= 4 is 38.9 Å². The number of ether oxygens (including phenoxy) is 2. The third kappa shape index (κ3) is 5.45. The molecule has 0 radical (unpaired) electrons. The van der Waals surface area contributed by atoms with E-state index in [-0.39, 0.29) is 12.0 Å². The van der Waals surface area contributed by atoms with Crippen LogP contribution in [0.1, 0.15) is 34.2 Å². The third-order valence-electron chi connectivity index (χ3n) is 10.6. The van der Waals surface area contributed by atoms with Gasteiger partial charge in [0.1, 0.15) is 5.60 Å². The smallest absolute Gasteiger partial charge is 0.254 e. The number of rotatable bonds is 6. The van der Waals surface area contributed by atoms with Gasteiger partial charge in [-0.3, -0.25) is 4.79 Å². The Labute approximate surface area is 302 Å². The molecular weight excluding hydrogens is 647 g/mol. The lowest BCUT2D eigenvalue weighted by atomic mass is 9.80. The molecule has 2 atom stereocenters. The van der Waals surface area contributed by atoms with E-state index in [1.165, 1.54) is 0 Å². The maximum absolute atomic E-state index is 13.7. The van der Waals surface area contributed by atoms with Gasteiger partial charge in [-0.2, -0.15) is 0 Å². The van der Waals surface area contributed by atoms with E-state index < -0.39 is 11.8 Å². The highest BCUT2D eigenvalue weighted by Gasteiger charge is 2.39. The van der Waals surface area contributed by atoms with Crippen LogP contribution in [0.15, 0.2) is 152 Å². The van der Waals surface area contributed by atoms with Crippen LogP contribution < -0.4 is 5.32 Å². The van der Waals surface area contributed by atoms with E-state index >= 15 is 0 Å². The van der Waals surface area contributed by atoms with Crippen LogP contribution >= 0.6 is 0 Å². The fourth-order valence-electron chi connectivity index (χ4n) is 8.16. The van der Waals surface area contributed by atoms with E-state index in [0.717, 1.165) is 49.6 Å². The zero-order valence-corrected chi connectivity index (χ0v) is 28.7. The van der Waals surface area contributed by atoms with Crippen LogP contribution in [0.25, 0.3) is 33.0 Å². The molecule has 258 valence electrons. The molecule has 0 saturated heterocycles. The Morgan fingerprint density at radius 1 is 0.673 bits per heavy atom. The average Bonchev–Trinajstić information content (AvgIpc) is 3.84. The molecule has 7 aromatic rings. The molecule has 2 aliphatic heterocycles. The number of hydrogen-bond donors (Lipinski definition) is 2. The second kappa shape index (κ2) is 13.4. The summed E-state index contributed by atoms with van der Waals surface area (Å²) >= 11 is 0. The van der Waals surface area contributed by atoms with Crippen LogP contribution in [0, 0.1) is 0 Å². The number of fused-ring (bicyclic) bond motifs is 12. The van der Waals surface area contributed by atoms with Crippen molar-refractivity contribution in [1.29, 1.82) is 0 Å². The number of aromatic nitrogens is 2. The van der Waals surface area contributed by atoms with Crippen molar-refractivity contribution in [2.45, 2.75) is 37.4 Å². The third-order valence-corrected chi connectivity index (χ3v) is 10.6. The van der Waals surface area contributed by atoms with Gasteiger partial charge in [-0.05, 0) is 35.2 Å². The molecule has 7 heteroatoms. The zero-order chi connectivity index (χ0) is 35.1. The largest absolute Gasteiger partial charge is 0.374 e. The van der Waals surface area contributed by atoms with Crippen LogP contribution in [0.5, 0.6) is 0 Å². The predicted octanol–water partition coefficient (Wildman–Crippen LogP) is 7.75. The number of aryl methyl sites for hydroxylation is 1. The first-order chi connectivity index (χ1) is 25.6. The number of hydrogen-bond acceptors (Lipinski definition) is 4. The summed E-state index contributed by atoms with van der Waals surface area (Å²) < 4.78 is 18.4. The number of aliphatic hydroxyl groups excluding tert-OH is 1. The van der Waals surface area contributed by atoms with Gasteiger partial charge in [0.05, 0.1) is 24.9 Å². The molecule has 1 amide bonds. The van der Waals surface area contributed by atoms with E-state index in [9.17, 15) is 9.90 Å². The van der Waals surface area contributed by atoms with Crippen LogP contribution in [0.3, 0.4) is 0 Å². The lowest BCUT2D eigenvalue weighted by Crippen LogP contribution is -2.37. The van der Waals surface area contributed by atoms with Crippen LogP contribution in [0.4, 0.5) is 0 Å². The maximum Gasteiger partial charge on any atom is 0.254 e. The van der Waals surface area contributed by atoms with Crippen molar-refractivity contribution < 1.29 is 19.4 Å². The topological polar surface area (TPSA) is 77.7 Å². The Kier molecular flexibility index (Phi) is 8.32. The predicted molar refractivity (Wildman–Crippen MR) is 204 cm³/mol. The molecule has 52 heavy (non-hydrogen) atoms. The highest BCUT2D eigenvalue weighted by atomic mass is 16.5. The van der Waals surface area contributed by atoms with E-state index in [4.69, 9.17) is 9.47 Å². The Balaban J connectivity index is 1.15. The van der Waals surface area contributed by atoms with E-state index in [2.05, 4.69) is 124 Å². The number of amides is 1. The summed E-state index contributed by atoms with van der Waals surface area (Å²) in [4.78, 5) is 13.7. The van der Waals surface area contributed by atoms with Gasteiger partial charge in [-0.1, -0.05) is 127 Å². The van der Waals surface area contributed by atoms with Gasteiger partial charge in [-0.15, -0.1) is 0 Å². The van der Waals surface area contributed by atoms with Crippen molar-refractivity contribution in [3.05, 3.63) is 180 Å². The lowest BCUT2D eigenvalue weighted by Gasteiger charge is -2.37. The fraction of sp³-hybridized carbons (Fsp3) is 0.178. The Bertz CT molecular complexity index is 2320. The van der Waals surface area contributed by atoms with Gasteiger partial charge in [0.2, 0.25) is 0 Å². The number of carbonyl (C=O) groups is 1. The van der Waals surface area contributed by atoms with Crippen molar-refractivity contribution in [2.24, 2.45) is 0 Å². The first-order valence-corrected chi connectivity index (χ1v) is 17.9. The normalized spacial score (nSPS) is 18.0. The number of carbonyl (C=O) groups excluding carboxylic acids is 1. The van der Waals surface area contributed by atoms with E-state index in [1.807, 2.05) is 42.5 Å². The number of para-hydroxylation sites is 2. The summed E-state index contributed by atoms with van der Waals surface area (Å²) in [6, 6.07) is 47.6. The van der Waals surface area contributed by atoms with Gasteiger partial charge in [0, 0.05) is 64.0 Å². The molecular formula is C45H39N3O4. The molecule has 9 rings (SSSR count). The van der Waals surface area contributed by atoms with Gasteiger partial charge in [0.15, 0.2) is 6.23 Å². The fourth-order valence-corrected chi connectivity index (χ4v) is 8.16. The standard InChI is InChI=1S/C45H39N3O4/c49-43-41-37-28-47(39-22-12-10-20-35(37)39)25-24-34(51-27-26-48-29-38(42(41)44(50)46-43)36-21-11-13-23-40(36)48)30-52-45(31-14-4-1-5-15-31,32-16-6-2-7-17-32)33-18-8-3-9-19-33/h1-23,28-29,34,44,50H,24-27,30H2,(H,46,49)/t34-,44?/m0/s1. The molecule has 2 N–H and O–H groups in total. The van der Waals surface area contributed by atoms with Crippen molar-refractivity contribution in [2.75, 3.05) is 13.2 Å². The molecule has 2 aliphatic rings. The molecule has 4 bridgehead atoms. The molecule has 4 heterocycles. The molecule has 0 fully saturated rings. The molecule has 0 spiro atoms. The highest BCUT2D eigenvalue weighted by molar-refractivity contribution is 6.33. The number of nitrogens with one attached hydrogen (secondary N) is 1. The van der Waals surface area contributed by atoms with Gasteiger partial charge >= 0.3 is 0 Å². The van der Waals surface area contributed by atoms with Crippen molar-refractivity contribution in [1.82, 2.24) is 14.5 Å². The Morgan fingerprint density at radius 3 is 1.77 bits per heavy atom. The quantitative estimate of drug-likeness (QED) is 0.176. The summed E-state index contributed by atoms with van der Waals surface area (Å²) in [6.07, 6.45) is 3.41. The lowest BCUT2D eigenvalue weighted by molar-refractivity contribution is -0.116. The van der Waals surface area contributed by atoms with Crippen molar-refractivity contribution in [3.8, 4) is 0 Å². The second-order valence-electron chi connectivity index (χ2n) is 13.5. The summed E-state index contributed by atoms with van der Waals surface area (Å²) in [6.45, 7) is 2.02. The summed E-state index contributed by atoms with van der Waals surface area (Å²) in [5, 5.41) is 16.0. The van der Waals surface area contributed by atoms with Crippen LogP contribution in [-0.4, -0.2) is 45.7 Å². The van der Waals surface area contributed by atoms with Gasteiger partial charge < -0.3 is 29.0 Å². The molecule has 2 aromatic heterocycles. The van der Waals surface area contributed by atoms with E-state index in [1.54, 1.807) is 0 Å². The Morgan fingerprint density at radius 2 is 1.17 bits per heavy atom. The van der Waals surface area contributed by atoms with E-state index in [0.29, 0.717) is 43.9 Å². The first-order valence-electron chi connectivity index (χ1n) is 17.9. The molecule has 0 aliphatic carbocycles. The highest BCUT2D eigenvalue weighted by Crippen LogP contribution is 2.42.